The van der Waals surface area contributed by atoms with Crippen LogP contribution in [-0.2, 0) is 13.6 Å². The number of carbonyl (C=O) groups excluding carboxylic acids is 1. The van der Waals surface area contributed by atoms with Crippen molar-refractivity contribution in [3.05, 3.63) is 64.3 Å². The summed E-state index contributed by atoms with van der Waals surface area (Å²) in [5.41, 5.74) is 1.46. The molecule has 22 heavy (non-hydrogen) atoms. The van der Waals surface area contributed by atoms with Crippen LogP contribution >= 0.6 is 0 Å². The Balaban J connectivity index is 1.67. The molecule has 0 fully saturated rings. The Labute approximate surface area is 125 Å². The minimum Gasteiger partial charge on any atom is -0.345 e. The third-order valence-corrected chi connectivity index (χ3v) is 3.13. The van der Waals surface area contributed by atoms with Gasteiger partial charge in [-0.15, -0.1) is 5.10 Å². The van der Waals surface area contributed by atoms with Crippen LogP contribution < -0.4 is 10.9 Å². The molecule has 0 atom stereocenters. The van der Waals surface area contributed by atoms with E-state index >= 15 is 0 Å². The van der Waals surface area contributed by atoms with Gasteiger partial charge in [-0.2, -0.15) is 0 Å². The van der Waals surface area contributed by atoms with E-state index in [1.54, 1.807) is 17.9 Å². The Morgan fingerprint density at radius 3 is 2.77 bits per heavy atom. The van der Waals surface area contributed by atoms with E-state index in [-0.39, 0.29) is 23.7 Å². The number of nitrogens with one attached hydrogen (secondary N) is 2. The highest BCUT2D eigenvalue weighted by Crippen LogP contribution is 2.05. The molecule has 0 unspecified atom stereocenters. The lowest BCUT2D eigenvalue weighted by molar-refractivity contribution is 0.0941. The lowest BCUT2D eigenvalue weighted by atomic mass is 10.3. The number of H-pyrrole nitrogens is 1. The molecule has 2 heterocycles. The molecule has 8 nitrogen and oxygen atoms in total. The first-order chi connectivity index (χ1) is 10.6. The van der Waals surface area contributed by atoms with Gasteiger partial charge in [0.15, 0.2) is 0 Å². The normalized spacial score (nSPS) is 10.6. The minimum absolute atomic E-state index is 0.227. The van der Waals surface area contributed by atoms with E-state index in [1.165, 1.54) is 10.7 Å². The van der Waals surface area contributed by atoms with Crippen molar-refractivity contribution in [1.82, 2.24) is 30.1 Å². The second-order valence-corrected chi connectivity index (χ2v) is 4.74. The average Bonchev–Trinajstić information content (AvgIpc) is 3.12. The van der Waals surface area contributed by atoms with Crippen LogP contribution in [0, 0.1) is 0 Å². The largest absolute Gasteiger partial charge is 0.345 e. The lowest BCUT2D eigenvalue weighted by Gasteiger charge is -2.03. The van der Waals surface area contributed by atoms with Crippen molar-refractivity contribution in [1.29, 1.82) is 0 Å². The van der Waals surface area contributed by atoms with Crippen molar-refractivity contribution in [3.63, 3.8) is 0 Å². The molecule has 0 saturated heterocycles. The van der Waals surface area contributed by atoms with Gasteiger partial charge in [0.05, 0.1) is 18.4 Å². The molecular weight excluding hydrogens is 284 g/mol. The number of rotatable bonds is 4. The van der Waals surface area contributed by atoms with Crippen molar-refractivity contribution >= 4 is 5.91 Å². The van der Waals surface area contributed by atoms with E-state index in [9.17, 15) is 9.59 Å². The fourth-order valence-corrected chi connectivity index (χ4v) is 2.04. The van der Waals surface area contributed by atoms with Crippen LogP contribution in [0.2, 0.25) is 0 Å². The van der Waals surface area contributed by atoms with E-state index in [0.29, 0.717) is 5.69 Å². The summed E-state index contributed by atoms with van der Waals surface area (Å²) in [4.78, 5) is 23.2. The summed E-state index contributed by atoms with van der Waals surface area (Å²) >= 11 is 0. The molecule has 2 N–H and O–H groups in total. The molecule has 0 radical (unpaired) electrons. The molecule has 3 aromatic rings. The van der Waals surface area contributed by atoms with Gasteiger partial charge in [0.1, 0.15) is 11.4 Å². The van der Waals surface area contributed by atoms with Crippen molar-refractivity contribution in [2.45, 2.75) is 6.54 Å². The Hall–Kier alpha value is -3.16. The molecular formula is C14H14N6O2. The smallest absolute Gasteiger partial charge is 0.269 e. The number of aromatic nitrogens is 5. The zero-order chi connectivity index (χ0) is 15.5. The summed E-state index contributed by atoms with van der Waals surface area (Å²) in [7, 11) is 1.60. The summed E-state index contributed by atoms with van der Waals surface area (Å²) in [6.45, 7) is 0.227. The zero-order valence-corrected chi connectivity index (χ0v) is 11.9. The van der Waals surface area contributed by atoms with E-state index in [2.05, 4.69) is 20.7 Å². The van der Waals surface area contributed by atoms with Crippen LogP contribution in [0.5, 0.6) is 0 Å². The van der Waals surface area contributed by atoms with Crippen molar-refractivity contribution in [2.24, 2.45) is 7.05 Å². The Bertz CT molecular complexity index is 846. The number of para-hydroxylation sites is 1. The lowest BCUT2D eigenvalue weighted by Crippen LogP contribution is -2.25. The molecule has 0 saturated carbocycles. The van der Waals surface area contributed by atoms with Gasteiger partial charge in [0.25, 0.3) is 11.5 Å². The van der Waals surface area contributed by atoms with E-state index in [1.807, 2.05) is 30.3 Å². The number of aryl methyl sites for hydroxylation is 1. The molecule has 0 spiro atoms. The maximum Gasteiger partial charge on any atom is 0.269 e. The molecule has 1 amide bonds. The van der Waals surface area contributed by atoms with Crippen molar-refractivity contribution in [3.8, 4) is 5.69 Å². The van der Waals surface area contributed by atoms with Crippen LogP contribution in [0.4, 0.5) is 0 Å². The second-order valence-electron chi connectivity index (χ2n) is 4.74. The van der Waals surface area contributed by atoms with Gasteiger partial charge in [-0.25, -0.2) is 4.68 Å². The fourth-order valence-electron chi connectivity index (χ4n) is 2.04. The zero-order valence-electron chi connectivity index (χ0n) is 11.9. The van der Waals surface area contributed by atoms with Crippen molar-refractivity contribution < 1.29 is 4.79 Å². The minimum atomic E-state index is -0.352. The first kappa shape index (κ1) is 13.8. The maximum atomic E-state index is 12.0. The van der Waals surface area contributed by atoms with Gasteiger partial charge in [-0.05, 0) is 12.1 Å². The van der Waals surface area contributed by atoms with Gasteiger partial charge >= 0.3 is 0 Å². The Morgan fingerprint density at radius 1 is 1.32 bits per heavy atom. The quantitative estimate of drug-likeness (QED) is 0.720. The molecule has 2 aromatic heterocycles. The summed E-state index contributed by atoms with van der Waals surface area (Å²) in [6.07, 6.45) is 1.74. The molecule has 112 valence electrons. The average molecular weight is 298 g/mol. The van der Waals surface area contributed by atoms with E-state index in [4.69, 9.17) is 0 Å². The van der Waals surface area contributed by atoms with Gasteiger partial charge in [0, 0.05) is 13.1 Å². The first-order valence-electron chi connectivity index (χ1n) is 6.64. The molecule has 0 aliphatic heterocycles. The molecule has 0 aliphatic carbocycles. The third kappa shape index (κ3) is 2.80. The topological polar surface area (TPSA) is 97.6 Å². The van der Waals surface area contributed by atoms with E-state index < -0.39 is 0 Å². The molecule has 1 aromatic carbocycles. The van der Waals surface area contributed by atoms with Gasteiger partial charge in [0.2, 0.25) is 0 Å². The predicted molar refractivity (Wildman–Crippen MR) is 78.6 cm³/mol. The third-order valence-electron chi connectivity index (χ3n) is 3.13. The van der Waals surface area contributed by atoms with Crippen LogP contribution in [0.1, 0.15) is 16.2 Å². The summed E-state index contributed by atoms with van der Waals surface area (Å²) in [5, 5.41) is 13.2. The van der Waals surface area contributed by atoms with Gasteiger partial charge in [-0.1, -0.05) is 23.4 Å². The molecule has 3 rings (SSSR count). The van der Waals surface area contributed by atoms with Crippen LogP contribution in [0.3, 0.4) is 0 Å². The monoisotopic (exact) mass is 298 g/mol. The van der Waals surface area contributed by atoms with Gasteiger partial charge < -0.3 is 5.32 Å². The summed E-state index contributed by atoms with van der Waals surface area (Å²) in [5.74, 6) is -0.352. The predicted octanol–water partition coefficient (Wildman–Crippen LogP) is 0.224. The van der Waals surface area contributed by atoms with Gasteiger partial charge in [-0.3, -0.25) is 19.4 Å². The Morgan fingerprint density at radius 2 is 2.09 bits per heavy atom. The van der Waals surface area contributed by atoms with Crippen molar-refractivity contribution in [2.75, 3.05) is 0 Å². The highest BCUT2D eigenvalue weighted by molar-refractivity contribution is 5.92. The first-order valence-corrected chi connectivity index (χ1v) is 6.64. The number of aromatic amines is 1. The number of benzene rings is 1. The second kappa shape index (κ2) is 5.68. The van der Waals surface area contributed by atoms with Crippen LogP contribution in [0.25, 0.3) is 5.69 Å². The standard InChI is InChI=1S/C14H14N6O2/c1-19-12(7-13(21)17-19)14(22)15-8-10-9-20(18-16-10)11-5-3-2-4-6-11/h2-7,9H,8H2,1H3,(H,15,22)(H,17,21). The molecule has 8 heteroatoms. The number of amides is 1. The molecule has 0 bridgehead atoms. The fraction of sp³-hybridized carbons (Fsp3) is 0.143. The Kier molecular flexibility index (Phi) is 3.57. The highest BCUT2D eigenvalue weighted by Gasteiger charge is 2.11. The van der Waals surface area contributed by atoms with E-state index in [0.717, 1.165) is 5.69 Å². The number of carbonyl (C=O) groups is 1. The maximum absolute atomic E-state index is 12.0. The summed E-state index contributed by atoms with van der Waals surface area (Å²) < 4.78 is 3.01. The highest BCUT2D eigenvalue weighted by atomic mass is 16.2. The number of hydrogen-bond acceptors (Lipinski definition) is 4. The molecule has 0 aliphatic rings. The van der Waals surface area contributed by atoms with Crippen LogP contribution in [-0.4, -0.2) is 30.7 Å². The number of nitrogens with zero attached hydrogens (tertiary/aromatic N) is 4. The van der Waals surface area contributed by atoms with Crippen LogP contribution in [0.15, 0.2) is 47.4 Å². The summed E-state index contributed by atoms with van der Waals surface area (Å²) in [6, 6.07) is 10.8. The SMILES string of the molecule is Cn1[nH]c(=O)cc1C(=O)NCc1cn(-c2ccccc2)nn1. The number of hydrogen-bond donors (Lipinski definition) is 2.